The highest BCUT2D eigenvalue weighted by atomic mass is 32.1. The van der Waals surface area contributed by atoms with Crippen LogP contribution in [-0.2, 0) is 0 Å². The van der Waals surface area contributed by atoms with Crippen molar-refractivity contribution in [1.82, 2.24) is 19.9 Å². The van der Waals surface area contributed by atoms with Gasteiger partial charge in [0.2, 0.25) is 0 Å². The van der Waals surface area contributed by atoms with Gasteiger partial charge >= 0.3 is 5.97 Å². The summed E-state index contributed by atoms with van der Waals surface area (Å²) in [6.45, 7) is 0. The molecule has 8 heteroatoms. The summed E-state index contributed by atoms with van der Waals surface area (Å²) >= 11 is 1.39. The second-order valence-corrected chi connectivity index (χ2v) is 5.39. The molecule has 24 heavy (non-hydrogen) atoms. The quantitative estimate of drug-likeness (QED) is 0.780. The first-order chi connectivity index (χ1) is 11.7. The van der Waals surface area contributed by atoms with Crippen molar-refractivity contribution in [2.45, 2.75) is 0 Å². The molecular formula is C16H9N5O2S. The first-order valence-electron chi connectivity index (χ1n) is 6.73. The lowest BCUT2D eigenvalue weighted by molar-refractivity contribution is 0.0690. The van der Waals surface area contributed by atoms with Gasteiger partial charge in [-0.3, -0.25) is 0 Å². The van der Waals surface area contributed by atoms with E-state index in [1.807, 2.05) is 11.4 Å². The van der Waals surface area contributed by atoms with Crippen molar-refractivity contribution < 1.29 is 9.90 Å². The lowest BCUT2D eigenvalue weighted by Gasteiger charge is -1.99. The molecule has 1 N–H and O–H groups in total. The molecule has 0 aliphatic heterocycles. The first-order valence-corrected chi connectivity index (χ1v) is 7.61. The highest BCUT2D eigenvalue weighted by Gasteiger charge is 2.09. The summed E-state index contributed by atoms with van der Waals surface area (Å²) in [4.78, 5) is 27.6. The van der Waals surface area contributed by atoms with Crippen molar-refractivity contribution in [1.29, 1.82) is 5.26 Å². The Hall–Kier alpha value is -3.44. The van der Waals surface area contributed by atoms with E-state index in [9.17, 15) is 4.79 Å². The first kappa shape index (κ1) is 15.5. The van der Waals surface area contributed by atoms with Gasteiger partial charge in [0, 0.05) is 17.8 Å². The largest absolute Gasteiger partial charge is 0.477 e. The Morgan fingerprint density at radius 1 is 1.21 bits per heavy atom. The van der Waals surface area contributed by atoms with E-state index in [2.05, 4.69) is 19.9 Å². The Morgan fingerprint density at radius 2 is 2.00 bits per heavy atom. The second kappa shape index (κ2) is 6.76. The molecule has 0 aliphatic rings. The van der Waals surface area contributed by atoms with Gasteiger partial charge in [0.15, 0.2) is 10.8 Å². The SMILES string of the molecule is N#Cc1ccc(C(=O)O)nc1/C=C/c1csc(-c2ncccn2)n1. The van der Waals surface area contributed by atoms with Crippen LogP contribution in [-0.4, -0.2) is 31.0 Å². The van der Waals surface area contributed by atoms with Crippen LogP contribution in [0.1, 0.15) is 27.4 Å². The monoisotopic (exact) mass is 335 g/mol. The van der Waals surface area contributed by atoms with Crippen LogP contribution in [0.3, 0.4) is 0 Å². The summed E-state index contributed by atoms with van der Waals surface area (Å²) in [6, 6.07) is 6.44. The molecule has 3 aromatic rings. The molecule has 0 fully saturated rings. The maximum Gasteiger partial charge on any atom is 0.354 e. The third-order valence-electron chi connectivity index (χ3n) is 2.96. The average molecular weight is 335 g/mol. The summed E-state index contributed by atoms with van der Waals surface area (Å²) in [5.74, 6) is -0.614. The zero-order valence-corrected chi connectivity index (χ0v) is 12.9. The number of hydrogen-bond acceptors (Lipinski definition) is 7. The topological polar surface area (TPSA) is 113 Å². The Morgan fingerprint density at radius 3 is 2.71 bits per heavy atom. The molecule has 0 atom stereocenters. The van der Waals surface area contributed by atoms with E-state index in [0.717, 1.165) is 0 Å². The molecule has 0 radical (unpaired) electrons. The number of nitriles is 1. The van der Waals surface area contributed by atoms with Gasteiger partial charge in [-0.2, -0.15) is 5.26 Å². The van der Waals surface area contributed by atoms with Gasteiger partial charge in [-0.25, -0.2) is 24.7 Å². The zero-order chi connectivity index (χ0) is 16.9. The van der Waals surface area contributed by atoms with Crippen molar-refractivity contribution in [3.05, 3.63) is 58.6 Å². The maximum atomic E-state index is 11.0. The van der Waals surface area contributed by atoms with E-state index in [-0.39, 0.29) is 17.0 Å². The van der Waals surface area contributed by atoms with Gasteiger partial charge < -0.3 is 5.11 Å². The standard InChI is InChI=1S/C16H9N5O2S/c17-8-10-2-4-13(16(22)23)21-12(10)5-3-11-9-24-15(20-11)14-18-6-1-7-19-14/h1-7,9H,(H,22,23)/b5-3+. The van der Waals surface area contributed by atoms with Crippen LogP contribution in [0.5, 0.6) is 0 Å². The fraction of sp³-hybridized carbons (Fsp3) is 0. The molecule has 0 amide bonds. The molecule has 0 unspecified atom stereocenters. The highest BCUT2D eigenvalue weighted by molar-refractivity contribution is 7.13. The summed E-state index contributed by atoms with van der Waals surface area (Å²) in [5.41, 5.74) is 1.10. The minimum Gasteiger partial charge on any atom is -0.477 e. The van der Waals surface area contributed by atoms with Gasteiger partial charge in [0.25, 0.3) is 0 Å². The summed E-state index contributed by atoms with van der Waals surface area (Å²) in [5, 5.41) is 20.6. The van der Waals surface area contributed by atoms with Gasteiger partial charge in [0.05, 0.1) is 17.0 Å². The molecule has 0 saturated heterocycles. The molecular weight excluding hydrogens is 326 g/mol. The van der Waals surface area contributed by atoms with Crippen LogP contribution in [0.4, 0.5) is 0 Å². The molecule has 3 rings (SSSR count). The zero-order valence-electron chi connectivity index (χ0n) is 12.1. The predicted octanol–water partition coefficient (Wildman–Crippen LogP) is 2.74. The molecule has 0 bridgehead atoms. The molecule has 3 aromatic heterocycles. The Bertz CT molecular complexity index is 960. The number of carbonyl (C=O) groups is 1. The number of rotatable bonds is 4. The lowest BCUT2D eigenvalue weighted by Crippen LogP contribution is -2.02. The van der Waals surface area contributed by atoms with E-state index in [1.54, 1.807) is 30.6 Å². The van der Waals surface area contributed by atoms with E-state index < -0.39 is 5.97 Å². The number of pyridine rings is 1. The van der Waals surface area contributed by atoms with Crippen LogP contribution < -0.4 is 0 Å². The summed E-state index contributed by atoms with van der Waals surface area (Å²) in [6.07, 6.45) is 6.51. The van der Waals surface area contributed by atoms with Crippen LogP contribution in [0.2, 0.25) is 0 Å². The van der Waals surface area contributed by atoms with E-state index in [1.165, 1.54) is 23.5 Å². The van der Waals surface area contributed by atoms with Crippen molar-refractivity contribution in [3.8, 4) is 16.9 Å². The van der Waals surface area contributed by atoms with Crippen LogP contribution in [0, 0.1) is 11.3 Å². The van der Waals surface area contributed by atoms with E-state index in [0.29, 0.717) is 16.5 Å². The normalized spacial score (nSPS) is 10.6. The van der Waals surface area contributed by atoms with Crippen LogP contribution in [0.25, 0.3) is 23.0 Å². The van der Waals surface area contributed by atoms with Crippen molar-refractivity contribution >= 4 is 29.5 Å². The number of nitrogens with zero attached hydrogens (tertiary/aromatic N) is 5. The molecule has 116 valence electrons. The Balaban J connectivity index is 1.89. The van der Waals surface area contributed by atoms with E-state index >= 15 is 0 Å². The van der Waals surface area contributed by atoms with Gasteiger partial charge in [-0.15, -0.1) is 11.3 Å². The number of aromatic carboxylic acids is 1. The lowest BCUT2D eigenvalue weighted by atomic mass is 10.1. The number of thiazole rings is 1. The minimum atomic E-state index is -1.15. The minimum absolute atomic E-state index is 0.120. The number of hydrogen-bond donors (Lipinski definition) is 1. The average Bonchev–Trinajstić information content (AvgIpc) is 3.09. The van der Waals surface area contributed by atoms with Crippen molar-refractivity contribution in [2.24, 2.45) is 0 Å². The molecule has 0 aliphatic carbocycles. The third kappa shape index (κ3) is 3.31. The van der Waals surface area contributed by atoms with Crippen molar-refractivity contribution in [2.75, 3.05) is 0 Å². The van der Waals surface area contributed by atoms with Gasteiger partial charge in [-0.1, -0.05) is 0 Å². The molecule has 0 saturated carbocycles. The Labute approximate surface area is 140 Å². The van der Waals surface area contributed by atoms with E-state index in [4.69, 9.17) is 10.4 Å². The molecule has 0 aromatic carbocycles. The Kier molecular flexibility index (Phi) is 4.36. The second-order valence-electron chi connectivity index (χ2n) is 4.53. The van der Waals surface area contributed by atoms with Crippen LogP contribution >= 0.6 is 11.3 Å². The highest BCUT2D eigenvalue weighted by Crippen LogP contribution is 2.21. The number of carboxylic acid groups (broad SMARTS) is 1. The van der Waals surface area contributed by atoms with Crippen LogP contribution in [0.15, 0.2) is 36.0 Å². The number of aromatic nitrogens is 4. The maximum absolute atomic E-state index is 11.0. The molecule has 3 heterocycles. The summed E-state index contributed by atoms with van der Waals surface area (Å²) in [7, 11) is 0. The number of carboxylic acids is 1. The smallest absolute Gasteiger partial charge is 0.354 e. The van der Waals surface area contributed by atoms with Crippen molar-refractivity contribution in [3.63, 3.8) is 0 Å². The van der Waals surface area contributed by atoms with Gasteiger partial charge in [-0.05, 0) is 30.4 Å². The fourth-order valence-electron chi connectivity index (χ4n) is 1.85. The fourth-order valence-corrected chi connectivity index (χ4v) is 2.59. The van der Waals surface area contributed by atoms with Gasteiger partial charge in [0.1, 0.15) is 11.8 Å². The molecule has 7 nitrogen and oxygen atoms in total. The third-order valence-corrected chi connectivity index (χ3v) is 3.81. The predicted molar refractivity (Wildman–Crippen MR) is 88.0 cm³/mol. The summed E-state index contributed by atoms with van der Waals surface area (Å²) < 4.78 is 0. The molecule has 0 spiro atoms.